The summed E-state index contributed by atoms with van der Waals surface area (Å²) in [5.41, 5.74) is 2.54. The summed E-state index contributed by atoms with van der Waals surface area (Å²) in [4.78, 5) is 14.7. The summed E-state index contributed by atoms with van der Waals surface area (Å²) in [6.45, 7) is 10.9. The highest BCUT2D eigenvalue weighted by Crippen LogP contribution is 2.39. The van der Waals surface area contributed by atoms with Gasteiger partial charge in [-0.3, -0.25) is 4.90 Å². The van der Waals surface area contributed by atoms with Gasteiger partial charge in [-0.2, -0.15) is 5.10 Å². The number of nitrogens with zero attached hydrogens (tertiary/aromatic N) is 3. The Hall–Kier alpha value is -2.16. The van der Waals surface area contributed by atoms with E-state index >= 15 is 0 Å². The second-order valence-electron chi connectivity index (χ2n) is 12.0. The number of hydrogen-bond acceptors (Lipinski definition) is 5. The molecule has 1 amide bonds. The molecule has 1 aromatic heterocycles. The Bertz CT molecular complexity index is 985. The van der Waals surface area contributed by atoms with Crippen molar-refractivity contribution in [2.45, 2.75) is 101 Å². The molecule has 0 radical (unpaired) electrons. The Morgan fingerprint density at radius 3 is 2.49 bits per heavy atom. The third kappa shape index (κ3) is 7.24. The van der Waals surface area contributed by atoms with Crippen molar-refractivity contribution in [1.82, 2.24) is 14.7 Å². The molecule has 37 heavy (non-hydrogen) atoms. The van der Waals surface area contributed by atoms with Crippen LogP contribution in [0.15, 0.2) is 42.6 Å². The van der Waals surface area contributed by atoms with Gasteiger partial charge in [-0.1, -0.05) is 50.0 Å². The summed E-state index contributed by atoms with van der Waals surface area (Å²) in [5, 5.41) is 4.56. The topological polar surface area (TPSA) is 65.8 Å². The van der Waals surface area contributed by atoms with Crippen LogP contribution in [0.2, 0.25) is 25.7 Å². The van der Waals surface area contributed by atoms with E-state index in [2.05, 4.69) is 68.1 Å². The highest BCUT2D eigenvalue weighted by molar-refractivity contribution is 6.76. The summed E-state index contributed by atoms with van der Waals surface area (Å²) in [6, 6.07) is 14.0. The van der Waals surface area contributed by atoms with Crippen molar-refractivity contribution in [3.05, 3.63) is 53.9 Å². The molecule has 4 rings (SSSR count). The van der Waals surface area contributed by atoms with E-state index in [-0.39, 0.29) is 30.2 Å². The second-order valence-corrected chi connectivity index (χ2v) is 17.6. The van der Waals surface area contributed by atoms with E-state index in [0.717, 1.165) is 50.4 Å². The van der Waals surface area contributed by atoms with Gasteiger partial charge in [0.25, 0.3) is 0 Å². The van der Waals surface area contributed by atoms with E-state index in [1.54, 1.807) is 0 Å². The molecule has 2 heterocycles. The van der Waals surface area contributed by atoms with E-state index in [4.69, 9.17) is 14.2 Å². The summed E-state index contributed by atoms with van der Waals surface area (Å²) < 4.78 is 19.7. The molecule has 3 atom stereocenters. The lowest BCUT2D eigenvalue weighted by molar-refractivity contribution is -0.00906. The summed E-state index contributed by atoms with van der Waals surface area (Å²) in [7, 11) is 0.315. The fourth-order valence-electron chi connectivity index (χ4n) is 5.91. The Balaban J connectivity index is 1.39. The monoisotopic (exact) mass is 527 g/mol. The van der Waals surface area contributed by atoms with Gasteiger partial charge in [-0.25, -0.2) is 9.48 Å². The SMILES string of the molecule is COC(=O)N1C(COC2CCC(c3ccccc3)CC2)C(c2ccnn2COCC[Si](C)(C)C)C[C@H]1C. The predicted octanol–water partition coefficient (Wildman–Crippen LogP) is 6.25. The highest BCUT2D eigenvalue weighted by atomic mass is 28.3. The first-order chi connectivity index (χ1) is 17.8. The zero-order valence-corrected chi connectivity index (χ0v) is 24.3. The highest BCUT2D eigenvalue weighted by Gasteiger charge is 2.45. The number of carbonyl (C=O) groups excluding carboxylic acids is 1. The average molecular weight is 528 g/mol. The fourth-order valence-corrected chi connectivity index (χ4v) is 6.67. The molecule has 1 aromatic carbocycles. The smallest absolute Gasteiger partial charge is 0.410 e. The molecule has 1 saturated heterocycles. The Labute approximate surface area is 223 Å². The molecule has 1 saturated carbocycles. The standard InChI is InChI=1S/C29H45N3O4Si/c1-22-19-26(27-15-16-30-31(27)21-35-17-18-37(3,4)5)28(32(22)29(33)34-2)20-36-25-13-11-24(12-14-25)23-9-7-6-8-10-23/h6-10,15-16,22,24-26,28H,11-14,17-21H2,1-5H3/t22-,24?,25?,26?,28?/m1/s1. The predicted molar refractivity (Wildman–Crippen MR) is 149 cm³/mol. The van der Waals surface area contributed by atoms with Crippen LogP contribution in [-0.4, -0.2) is 67.4 Å². The first kappa shape index (κ1) is 27.9. The first-order valence-corrected chi connectivity index (χ1v) is 17.6. The van der Waals surface area contributed by atoms with Gasteiger partial charge in [0.2, 0.25) is 0 Å². The molecule has 7 nitrogen and oxygen atoms in total. The van der Waals surface area contributed by atoms with E-state index in [0.29, 0.717) is 19.3 Å². The van der Waals surface area contributed by atoms with Crippen LogP contribution in [0.4, 0.5) is 4.79 Å². The Morgan fingerprint density at radius 1 is 1.08 bits per heavy atom. The molecule has 2 fully saturated rings. The third-order valence-electron chi connectivity index (χ3n) is 8.06. The van der Waals surface area contributed by atoms with Gasteiger partial charge in [0.1, 0.15) is 6.73 Å². The Morgan fingerprint density at radius 2 is 1.81 bits per heavy atom. The molecule has 1 aliphatic heterocycles. The van der Waals surface area contributed by atoms with Crippen molar-refractivity contribution in [2.75, 3.05) is 20.3 Å². The van der Waals surface area contributed by atoms with Gasteiger partial charge in [-0.05, 0) is 62.6 Å². The molecule has 204 valence electrons. The minimum atomic E-state index is -1.15. The van der Waals surface area contributed by atoms with Crippen molar-refractivity contribution in [2.24, 2.45) is 0 Å². The maximum Gasteiger partial charge on any atom is 0.410 e. The lowest BCUT2D eigenvalue weighted by Gasteiger charge is -2.33. The van der Waals surface area contributed by atoms with Crippen LogP contribution in [0.5, 0.6) is 0 Å². The van der Waals surface area contributed by atoms with Crippen LogP contribution in [0.25, 0.3) is 0 Å². The van der Waals surface area contributed by atoms with Crippen molar-refractivity contribution in [1.29, 1.82) is 0 Å². The van der Waals surface area contributed by atoms with Crippen molar-refractivity contribution < 1.29 is 19.0 Å². The van der Waals surface area contributed by atoms with E-state index in [1.165, 1.54) is 12.7 Å². The number of rotatable bonds is 10. The first-order valence-electron chi connectivity index (χ1n) is 13.9. The zero-order chi connectivity index (χ0) is 26.4. The second kappa shape index (κ2) is 12.6. The van der Waals surface area contributed by atoms with Crippen molar-refractivity contribution in [3.63, 3.8) is 0 Å². The van der Waals surface area contributed by atoms with Gasteiger partial charge in [0.05, 0.1) is 25.9 Å². The molecule has 0 spiro atoms. The van der Waals surface area contributed by atoms with Gasteiger partial charge in [-0.15, -0.1) is 0 Å². The van der Waals surface area contributed by atoms with Crippen LogP contribution in [0, 0.1) is 0 Å². The number of aromatic nitrogens is 2. The Kier molecular flexibility index (Phi) is 9.48. The van der Waals surface area contributed by atoms with E-state index in [9.17, 15) is 4.79 Å². The van der Waals surface area contributed by atoms with Crippen molar-refractivity contribution >= 4 is 14.2 Å². The summed E-state index contributed by atoms with van der Waals surface area (Å²) in [5.74, 6) is 0.736. The van der Waals surface area contributed by atoms with Crippen LogP contribution in [0.3, 0.4) is 0 Å². The number of ether oxygens (including phenoxy) is 3. The van der Waals surface area contributed by atoms with Gasteiger partial charge >= 0.3 is 6.09 Å². The van der Waals surface area contributed by atoms with E-state index < -0.39 is 8.07 Å². The molecular formula is C29H45N3O4Si. The zero-order valence-electron chi connectivity index (χ0n) is 23.3. The van der Waals surface area contributed by atoms with Crippen molar-refractivity contribution in [3.8, 4) is 0 Å². The molecular weight excluding hydrogens is 482 g/mol. The number of carbonyl (C=O) groups is 1. The molecule has 2 aromatic rings. The minimum Gasteiger partial charge on any atom is -0.453 e. The number of amides is 1. The number of hydrogen-bond donors (Lipinski definition) is 0. The lowest BCUT2D eigenvalue weighted by atomic mass is 9.83. The van der Waals surface area contributed by atoms with Crippen LogP contribution >= 0.6 is 0 Å². The normalized spacial score (nSPS) is 26.4. The van der Waals surface area contributed by atoms with Gasteiger partial charge in [0, 0.05) is 38.5 Å². The maximum atomic E-state index is 12.8. The molecule has 2 aliphatic rings. The molecule has 0 N–H and O–H groups in total. The average Bonchev–Trinajstić information content (AvgIpc) is 3.48. The quantitative estimate of drug-likeness (QED) is 0.270. The minimum absolute atomic E-state index is 0.0658. The molecule has 8 heteroatoms. The summed E-state index contributed by atoms with van der Waals surface area (Å²) in [6.07, 6.45) is 7.01. The van der Waals surface area contributed by atoms with Gasteiger partial charge in [0.15, 0.2) is 0 Å². The molecule has 1 aliphatic carbocycles. The third-order valence-corrected chi connectivity index (χ3v) is 9.77. The lowest BCUT2D eigenvalue weighted by Crippen LogP contribution is -2.44. The number of likely N-dealkylation sites (tertiary alicyclic amines) is 1. The van der Waals surface area contributed by atoms with Crippen LogP contribution in [-0.2, 0) is 20.9 Å². The molecule has 0 bridgehead atoms. The summed E-state index contributed by atoms with van der Waals surface area (Å²) >= 11 is 0. The largest absolute Gasteiger partial charge is 0.453 e. The van der Waals surface area contributed by atoms with E-state index in [1.807, 2.05) is 15.8 Å². The van der Waals surface area contributed by atoms with Crippen LogP contribution in [0.1, 0.15) is 62.1 Å². The number of benzene rings is 1. The van der Waals surface area contributed by atoms with Gasteiger partial charge < -0.3 is 14.2 Å². The maximum absolute atomic E-state index is 12.8. The molecule has 2 unspecified atom stereocenters. The number of methoxy groups -OCH3 is 1. The fraction of sp³-hybridized carbons (Fsp3) is 0.655. The van der Waals surface area contributed by atoms with Crippen LogP contribution < -0.4 is 0 Å².